The summed E-state index contributed by atoms with van der Waals surface area (Å²) in [6, 6.07) is 1.77. The molecule has 2 rings (SSSR count). The van der Waals surface area contributed by atoms with Gasteiger partial charge in [0.15, 0.2) is 5.16 Å². The molecule has 0 atom stereocenters. The van der Waals surface area contributed by atoms with Crippen molar-refractivity contribution >= 4 is 39.2 Å². The molecule has 0 spiro atoms. The lowest BCUT2D eigenvalue weighted by atomic mass is 10.4. The van der Waals surface area contributed by atoms with E-state index in [1.54, 1.807) is 16.7 Å². The van der Waals surface area contributed by atoms with Gasteiger partial charge in [-0.05, 0) is 11.4 Å². The Bertz CT molecular complexity index is 675. The van der Waals surface area contributed by atoms with Gasteiger partial charge < -0.3 is 5.73 Å². The standard InChI is InChI=1S/C12H13N3O2S2/c1-2-5-15-11(17)8-3-6-18-10(8)14-12(15)19-7-4-9(13)16/h2-3,6H,1,4-5,7H2,(H2,13,16). The minimum atomic E-state index is -0.359. The number of allylic oxidation sites excluding steroid dienone is 1. The van der Waals surface area contributed by atoms with Crippen LogP contribution in [0.3, 0.4) is 0 Å². The number of thioether (sulfide) groups is 1. The molecule has 0 aliphatic heterocycles. The van der Waals surface area contributed by atoms with Gasteiger partial charge in [0.1, 0.15) is 4.83 Å². The number of rotatable bonds is 6. The fourth-order valence-corrected chi connectivity index (χ4v) is 3.34. The SMILES string of the molecule is C=CCn1c(SCCC(N)=O)nc2sccc2c1=O. The maximum atomic E-state index is 12.3. The van der Waals surface area contributed by atoms with Gasteiger partial charge in [0, 0.05) is 18.7 Å². The van der Waals surface area contributed by atoms with E-state index in [0.717, 1.165) is 0 Å². The Morgan fingerprint density at radius 2 is 2.42 bits per heavy atom. The van der Waals surface area contributed by atoms with Crippen molar-refractivity contribution in [3.05, 3.63) is 34.5 Å². The van der Waals surface area contributed by atoms with Crippen LogP contribution in [0.5, 0.6) is 0 Å². The number of amides is 1. The van der Waals surface area contributed by atoms with Crippen LogP contribution in [0.1, 0.15) is 6.42 Å². The highest BCUT2D eigenvalue weighted by molar-refractivity contribution is 7.99. The fourth-order valence-electron chi connectivity index (χ4n) is 1.57. The summed E-state index contributed by atoms with van der Waals surface area (Å²) in [5.41, 5.74) is 5.03. The minimum absolute atomic E-state index is 0.0762. The summed E-state index contributed by atoms with van der Waals surface area (Å²) in [5, 5.41) is 3.06. The number of fused-ring (bicyclic) bond motifs is 1. The fraction of sp³-hybridized carbons (Fsp3) is 0.250. The summed E-state index contributed by atoms with van der Waals surface area (Å²) in [6.07, 6.45) is 1.91. The van der Waals surface area contributed by atoms with Gasteiger partial charge in [0.25, 0.3) is 5.56 Å². The lowest BCUT2D eigenvalue weighted by Crippen LogP contribution is -2.22. The van der Waals surface area contributed by atoms with Gasteiger partial charge in [-0.15, -0.1) is 17.9 Å². The number of nitrogens with zero attached hydrogens (tertiary/aromatic N) is 2. The van der Waals surface area contributed by atoms with Crippen LogP contribution >= 0.6 is 23.1 Å². The number of carbonyl (C=O) groups excluding carboxylic acids is 1. The summed E-state index contributed by atoms with van der Waals surface area (Å²) < 4.78 is 1.56. The summed E-state index contributed by atoms with van der Waals surface area (Å²) >= 11 is 2.78. The van der Waals surface area contributed by atoms with E-state index in [9.17, 15) is 9.59 Å². The molecule has 2 aromatic heterocycles. The smallest absolute Gasteiger partial charge is 0.263 e. The Morgan fingerprint density at radius 3 is 3.11 bits per heavy atom. The molecule has 0 bridgehead atoms. The first kappa shape index (κ1) is 13.8. The molecular weight excluding hydrogens is 282 g/mol. The van der Waals surface area contributed by atoms with E-state index in [4.69, 9.17) is 5.73 Å². The van der Waals surface area contributed by atoms with Crippen LogP contribution in [-0.4, -0.2) is 21.2 Å². The van der Waals surface area contributed by atoms with Crippen LogP contribution in [0.2, 0.25) is 0 Å². The maximum absolute atomic E-state index is 12.3. The Labute approximate surface area is 118 Å². The molecule has 0 unspecified atom stereocenters. The van der Waals surface area contributed by atoms with Crippen molar-refractivity contribution in [3.8, 4) is 0 Å². The van der Waals surface area contributed by atoms with E-state index in [2.05, 4.69) is 11.6 Å². The number of carbonyl (C=O) groups is 1. The number of primary amides is 1. The van der Waals surface area contributed by atoms with Crippen LogP contribution in [0, 0.1) is 0 Å². The molecule has 0 aliphatic rings. The lowest BCUT2D eigenvalue weighted by Gasteiger charge is -2.09. The van der Waals surface area contributed by atoms with Gasteiger partial charge >= 0.3 is 0 Å². The highest BCUT2D eigenvalue weighted by Crippen LogP contribution is 2.21. The highest BCUT2D eigenvalue weighted by Gasteiger charge is 2.11. The highest BCUT2D eigenvalue weighted by atomic mass is 32.2. The van der Waals surface area contributed by atoms with Crippen molar-refractivity contribution in [2.75, 3.05) is 5.75 Å². The van der Waals surface area contributed by atoms with E-state index in [-0.39, 0.29) is 17.9 Å². The van der Waals surface area contributed by atoms with Crippen molar-refractivity contribution < 1.29 is 4.79 Å². The molecule has 7 heteroatoms. The monoisotopic (exact) mass is 295 g/mol. The zero-order chi connectivity index (χ0) is 13.8. The number of hydrogen-bond acceptors (Lipinski definition) is 5. The predicted octanol–water partition coefficient (Wildman–Crippen LogP) is 1.61. The van der Waals surface area contributed by atoms with Crippen LogP contribution in [0.15, 0.2) is 34.1 Å². The van der Waals surface area contributed by atoms with Gasteiger partial charge in [0.05, 0.1) is 5.39 Å². The average molecular weight is 295 g/mol. The van der Waals surface area contributed by atoms with Gasteiger partial charge in [-0.3, -0.25) is 14.2 Å². The molecule has 2 heterocycles. The minimum Gasteiger partial charge on any atom is -0.370 e. The zero-order valence-corrected chi connectivity index (χ0v) is 11.8. The molecule has 0 aromatic carbocycles. The second-order valence-corrected chi connectivity index (χ2v) is 5.76. The molecule has 19 heavy (non-hydrogen) atoms. The third-order valence-electron chi connectivity index (χ3n) is 2.44. The van der Waals surface area contributed by atoms with E-state index < -0.39 is 0 Å². The largest absolute Gasteiger partial charge is 0.370 e. The first-order chi connectivity index (χ1) is 9.13. The van der Waals surface area contributed by atoms with E-state index in [0.29, 0.717) is 27.7 Å². The molecule has 1 amide bonds. The Morgan fingerprint density at radius 1 is 1.63 bits per heavy atom. The van der Waals surface area contributed by atoms with E-state index in [1.165, 1.54) is 23.1 Å². The summed E-state index contributed by atoms with van der Waals surface area (Å²) in [6.45, 7) is 4.05. The quantitative estimate of drug-likeness (QED) is 0.499. The molecule has 100 valence electrons. The van der Waals surface area contributed by atoms with Crippen molar-refractivity contribution in [3.63, 3.8) is 0 Å². The number of hydrogen-bond donors (Lipinski definition) is 1. The van der Waals surface area contributed by atoms with Gasteiger partial charge in [0.2, 0.25) is 5.91 Å². The van der Waals surface area contributed by atoms with Gasteiger partial charge in [-0.25, -0.2) is 4.98 Å². The summed E-state index contributed by atoms with van der Waals surface area (Å²) in [4.78, 5) is 28.2. The molecule has 0 saturated carbocycles. The Hall–Kier alpha value is -1.60. The van der Waals surface area contributed by atoms with Crippen molar-refractivity contribution in [2.45, 2.75) is 18.1 Å². The number of nitrogens with two attached hydrogens (primary N) is 1. The maximum Gasteiger partial charge on any atom is 0.263 e. The third-order valence-corrected chi connectivity index (χ3v) is 4.22. The second-order valence-electron chi connectivity index (χ2n) is 3.80. The lowest BCUT2D eigenvalue weighted by molar-refractivity contribution is -0.117. The molecule has 0 saturated heterocycles. The molecule has 0 fully saturated rings. The molecule has 0 aliphatic carbocycles. The first-order valence-corrected chi connectivity index (χ1v) is 7.50. The van der Waals surface area contributed by atoms with Crippen molar-refractivity contribution in [2.24, 2.45) is 5.73 Å². The van der Waals surface area contributed by atoms with Gasteiger partial charge in [-0.2, -0.15) is 0 Å². The number of aromatic nitrogens is 2. The molecular formula is C12H13N3O2S2. The van der Waals surface area contributed by atoms with Crippen LogP contribution in [0.4, 0.5) is 0 Å². The van der Waals surface area contributed by atoms with Crippen molar-refractivity contribution in [1.29, 1.82) is 0 Å². The van der Waals surface area contributed by atoms with Crippen LogP contribution < -0.4 is 11.3 Å². The Balaban J connectivity index is 2.39. The Kier molecular flexibility index (Phi) is 4.39. The van der Waals surface area contributed by atoms with Crippen LogP contribution in [-0.2, 0) is 11.3 Å². The first-order valence-electron chi connectivity index (χ1n) is 5.63. The molecule has 0 radical (unpaired) electrons. The molecule has 2 aromatic rings. The third kappa shape index (κ3) is 3.05. The normalized spacial score (nSPS) is 10.7. The van der Waals surface area contributed by atoms with Crippen molar-refractivity contribution in [1.82, 2.24) is 9.55 Å². The second kappa shape index (κ2) is 6.03. The van der Waals surface area contributed by atoms with Gasteiger partial charge in [-0.1, -0.05) is 17.8 Å². The zero-order valence-electron chi connectivity index (χ0n) is 10.2. The van der Waals surface area contributed by atoms with E-state index >= 15 is 0 Å². The summed E-state index contributed by atoms with van der Waals surface area (Å²) in [7, 11) is 0. The number of thiophene rings is 1. The van der Waals surface area contributed by atoms with Crippen LogP contribution in [0.25, 0.3) is 10.2 Å². The van der Waals surface area contributed by atoms with E-state index in [1.807, 2.05) is 5.38 Å². The molecule has 2 N–H and O–H groups in total. The average Bonchev–Trinajstić information content (AvgIpc) is 2.82. The molecule has 5 nitrogen and oxygen atoms in total. The predicted molar refractivity (Wildman–Crippen MR) is 78.6 cm³/mol. The topological polar surface area (TPSA) is 78.0 Å². The summed E-state index contributed by atoms with van der Waals surface area (Å²) in [5.74, 6) is 0.151.